The molecule has 4 rings (SSSR count). The van der Waals surface area contributed by atoms with Crippen molar-refractivity contribution in [1.29, 1.82) is 0 Å². The number of aryl methyl sites for hydroxylation is 1. The van der Waals surface area contributed by atoms with Crippen molar-refractivity contribution in [1.82, 2.24) is 15.0 Å². The Balaban J connectivity index is 1.80. The molecule has 1 atom stereocenters. The van der Waals surface area contributed by atoms with Crippen molar-refractivity contribution in [2.75, 3.05) is 0 Å². The first-order chi connectivity index (χ1) is 9.81. The van der Waals surface area contributed by atoms with E-state index in [-0.39, 0.29) is 11.5 Å². The molecule has 2 aliphatic rings. The summed E-state index contributed by atoms with van der Waals surface area (Å²) in [4.78, 5) is 24.0. The molecule has 4 nitrogen and oxygen atoms in total. The fraction of sp³-hybridized carbons (Fsp3) is 0.438. The molecule has 2 aromatic heterocycles. The van der Waals surface area contributed by atoms with Crippen molar-refractivity contribution in [2.24, 2.45) is 0 Å². The Kier molecular flexibility index (Phi) is 2.69. The van der Waals surface area contributed by atoms with Crippen LogP contribution in [0.3, 0.4) is 0 Å². The van der Waals surface area contributed by atoms with Gasteiger partial charge in [0.05, 0.1) is 11.4 Å². The lowest BCUT2D eigenvalue weighted by Gasteiger charge is -2.23. The summed E-state index contributed by atoms with van der Waals surface area (Å²) in [6.45, 7) is 0. The molecular weight excluding hydrogens is 250 g/mol. The van der Waals surface area contributed by atoms with E-state index in [4.69, 9.17) is 4.98 Å². The summed E-state index contributed by atoms with van der Waals surface area (Å²) in [7, 11) is 0. The molecule has 2 aromatic rings. The number of H-pyrrole nitrogens is 1. The molecule has 0 aromatic carbocycles. The van der Waals surface area contributed by atoms with Crippen molar-refractivity contribution in [2.45, 2.75) is 43.9 Å². The van der Waals surface area contributed by atoms with Gasteiger partial charge in [0.15, 0.2) is 0 Å². The van der Waals surface area contributed by atoms with Crippen molar-refractivity contribution >= 4 is 0 Å². The summed E-state index contributed by atoms with van der Waals surface area (Å²) < 4.78 is 0. The third-order valence-corrected chi connectivity index (χ3v) is 4.30. The molecule has 0 amide bonds. The van der Waals surface area contributed by atoms with E-state index in [9.17, 15) is 4.79 Å². The summed E-state index contributed by atoms with van der Waals surface area (Å²) in [5.74, 6) is 1.52. The number of rotatable bonds is 2. The highest BCUT2D eigenvalue weighted by molar-refractivity contribution is 5.32. The number of pyridine rings is 1. The molecule has 1 unspecified atom stereocenters. The molecule has 0 spiro atoms. The lowest BCUT2D eigenvalue weighted by Crippen LogP contribution is -2.19. The monoisotopic (exact) mass is 267 g/mol. The fourth-order valence-electron chi connectivity index (χ4n) is 3.12. The average molecular weight is 267 g/mol. The highest BCUT2D eigenvalue weighted by atomic mass is 16.1. The van der Waals surface area contributed by atoms with E-state index >= 15 is 0 Å². The second-order valence-electron chi connectivity index (χ2n) is 5.82. The molecule has 0 saturated heterocycles. The molecule has 4 heteroatoms. The molecular formula is C16H17N3O. The van der Waals surface area contributed by atoms with E-state index < -0.39 is 0 Å². The zero-order chi connectivity index (χ0) is 13.5. The molecule has 20 heavy (non-hydrogen) atoms. The van der Waals surface area contributed by atoms with Crippen LogP contribution in [-0.2, 0) is 6.42 Å². The number of nitrogens with one attached hydrogen (secondary N) is 1. The predicted octanol–water partition coefficient (Wildman–Crippen LogP) is 2.51. The Bertz CT molecular complexity index is 703. The Morgan fingerprint density at radius 3 is 3.00 bits per heavy atom. The third kappa shape index (κ3) is 2.05. The number of aromatic nitrogens is 3. The number of hydrogen-bond acceptors (Lipinski definition) is 3. The Morgan fingerprint density at radius 2 is 2.15 bits per heavy atom. The summed E-state index contributed by atoms with van der Waals surface area (Å²) in [6.07, 6.45) is 7.38. The first kappa shape index (κ1) is 11.8. The van der Waals surface area contributed by atoms with E-state index in [1.807, 2.05) is 12.3 Å². The Labute approximate surface area is 117 Å². The number of hydrogen-bond donors (Lipinski definition) is 1. The smallest absolute Gasteiger partial charge is 0.251 e. The van der Waals surface area contributed by atoms with E-state index in [0.717, 1.165) is 49.3 Å². The first-order valence-corrected chi connectivity index (χ1v) is 7.36. The molecule has 1 saturated carbocycles. The highest BCUT2D eigenvalue weighted by Gasteiger charge is 2.29. The maximum absolute atomic E-state index is 11.9. The van der Waals surface area contributed by atoms with E-state index in [1.165, 1.54) is 5.56 Å². The van der Waals surface area contributed by atoms with Gasteiger partial charge in [0.25, 0.3) is 5.56 Å². The minimum Gasteiger partial charge on any atom is -0.310 e. The van der Waals surface area contributed by atoms with Gasteiger partial charge in [0.1, 0.15) is 5.82 Å². The summed E-state index contributed by atoms with van der Waals surface area (Å²) in [6, 6.07) is 5.78. The molecule has 2 aliphatic carbocycles. The van der Waals surface area contributed by atoms with Crippen LogP contribution in [0.4, 0.5) is 0 Å². The van der Waals surface area contributed by atoms with Crippen LogP contribution in [0.5, 0.6) is 0 Å². The van der Waals surface area contributed by atoms with Gasteiger partial charge < -0.3 is 4.98 Å². The highest BCUT2D eigenvalue weighted by Crippen LogP contribution is 2.39. The Morgan fingerprint density at radius 1 is 1.25 bits per heavy atom. The number of nitrogens with zero attached hydrogens (tertiary/aromatic N) is 2. The number of aromatic amines is 1. The minimum absolute atomic E-state index is 0.0278. The maximum atomic E-state index is 11.9. The van der Waals surface area contributed by atoms with Crippen molar-refractivity contribution in [3.8, 4) is 0 Å². The lowest BCUT2D eigenvalue weighted by atomic mass is 9.84. The normalized spacial score (nSPS) is 21.5. The standard InChI is InChI=1S/C16H17N3O/c20-14-9-13(18-16(19-14)11-6-7-11)12-5-1-3-10-4-2-8-17-15(10)12/h2,4,8-9,11-12H,1,3,5-7H2,(H,18,19,20). The van der Waals surface area contributed by atoms with Gasteiger partial charge in [0, 0.05) is 24.1 Å². The van der Waals surface area contributed by atoms with Crippen LogP contribution in [0.25, 0.3) is 0 Å². The van der Waals surface area contributed by atoms with Gasteiger partial charge in [-0.3, -0.25) is 9.78 Å². The Hall–Kier alpha value is -1.97. The molecule has 1 N–H and O–H groups in total. The summed E-state index contributed by atoms with van der Waals surface area (Å²) in [5, 5.41) is 0. The second kappa shape index (κ2) is 4.54. The van der Waals surface area contributed by atoms with Crippen LogP contribution in [-0.4, -0.2) is 15.0 Å². The van der Waals surface area contributed by atoms with E-state index in [0.29, 0.717) is 5.92 Å². The van der Waals surface area contributed by atoms with Gasteiger partial charge in [-0.25, -0.2) is 4.98 Å². The van der Waals surface area contributed by atoms with Gasteiger partial charge in [-0.2, -0.15) is 0 Å². The van der Waals surface area contributed by atoms with E-state index in [1.54, 1.807) is 6.07 Å². The summed E-state index contributed by atoms with van der Waals surface area (Å²) >= 11 is 0. The SMILES string of the molecule is O=c1cc(C2CCCc3cccnc32)nc(C2CC2)[nH]1. The van der Waals surface area contributed by atoms with Crippen LogP contribution in [0.15, 0.2) is 29.2 Å². The van der Waals surface area contributed by atoms with E-state index in [2.05, 4.69) is 16.0 Å². The van der Waals surface area contributed by atoms with Crippen LogP contribution in [0, 0.1) is 0 Å². The zero-order valence-corrected chi connectivity index (χ0v) is 11.3. The minimum atomic E-state index is -0.0278. The van der Waals surface area contributed by atoms with Crippen molar-refractivity contribution in [3.05, 3.63) is 57.5 Å². The van der Waals surface area contributed by atoms with Crippen LogP contribution in [0.1, 0.15) is 60.3 Å². The second-order valence-corrected chi connectivity index (χ2v) is 5.82. The largest absolute Gasteiger partial charge is 0.310 e. The van der Waals surface area contributed by atoms with Crippen LogP contribution in [0.2, 0.25) is 0 Å². The fourth-order valence-corrected chi connectivity index (χ4v) is 3.12. The maximum Gasteiger partial charge on any atom is 0.251 e. The third-order valence-electron chi connectivity index (χ3n) is 4.30. The molecule has 1 fully saturated rings. The summed E-state index contributed by atoms with van der Waals surface area (Å²) in [5.41, 5.74) is 3.28. The topological polar surface area (TPSA) is 58.6 Å². The zero-order valence-electron chi connectivity index (χ0n) is 11.3. The van der Waals surface area contributed by atoms with Gasteiger partial charge in [-0.1, -0.05) is 6.07 Å². The number of fused-ring (bicyclic) bond motifs is 1. The lowest BCUT2D eigenvalue weighted by molar-refractivity contribution is 0.582. The van der Waals surface area contributed by atoms with Gasteiger partial charge in [-0.15, -0.1) is 0 Å². The molecule has 2 heterocycles. The predicted molar refractivity (Wildman–Crippen MR) is 75.9 cm³/mol. The molecule has 0 radical (unpaired) electrons. The van der Waals surface area contributed by atoms with Crippen LogP contribution >= 0.6 is 0 Å². The quantitative estimate of drug-likeness (QED) is 0.909. The van der Waals surface area contributed by atoms with Gasteiger partial charge >= 0.3 is 0 Å². The first-order valence-electron chi connectivity index (χ1n) is 7.36. The van der Waals surface area contributed by atoms with Crippen molar-refractivity contribution in [3.63, 3.8) is 0 Å². The molecule has 0 aliphatic heterocycles. The van der Waals surface area contributed by atoms with Gasteiger partial charge in [0.2, 0.25) is 0 Å². The average Bonchev–Trinajstić information content (AvgIpc) is 3.30. The molecule has 102 valence electrons. The van der Waals surface area contributed by atoms with Crippen molar-refractivity contribution < 1.29 is 0 Å². The van der Waals surface area contributed by atoms with Crippen LogP contribution < -0.4 is 5.56 Å². The van der Waals surface area contributed by atoms with Gasteiger partial charge in [-0.05, 0) is 43.7 Å². The molecule has 0 bridgehead atoms.